The van der Waals surface area contributed by atoms with Gasteiger partial charge in [-0.25, -0.2) is 0 Å². The van der Waals surface area contributed by atoms with Crippen LogP contribution in [0.25, 0.3) is 0 Å². The summed E-state index contributed by atoms with van der Waals surface area (Å²) >= 11 is 0. The number of nitrogens with zero attached hydrogens (tertiary/aromatic N) is 1. The SMILES string of the molecule is CC(C)C1CC(NC2CCN(C)CC2C)C1. The van der Waals surface area contributed by atoms with E-state index in [0.717, 1.165) is 29.8 Å². The molecule has 94 valence electrons. The Morgan fingerprint density at radius 2 is 1.94 bits per heavy atom. The van der Waals surface area contributed by atoms with Crippen LogP contribution in [0.5, 0.6) is 0 Å². The van der Waals surface area contributed by atoms with Crippen molar-refractivity contribution in [3.8, 4) is 0 Å². The molecule has 2 aliphatic rings. The lowest BCUT2D eigenvalue weighted by Crippen LogP contribution is -2.54. The summed E-state index contributed by atoms with van der Waals surface area (Å²) in [7, 11) is 2.24. The van der Waals surface area contributed by atoms with Crippen molar-refractivity contribution in [3.63, 3.8) is 0 Å². The zero-order valence-electron chi connectivity index (χ0n) is 11.4. The molecule has 0 aromatic rings. The van der Waals surface area contributed by atoms with Crippen molar-refractivity contribution in [2.45, 2.75) is 52.1 Å². The maximum Gasteiger partial charge on any atom is 0.0120 e. The second-order valence-corrected chi connectivity index (χ2v) is 6.47. The first kappa shape index (κ1) is 12.4. The van der Waals surface area contributed by atoms with E-state index in [9.17, 15) is 0 Å². The average Bonchev–Trinajstić information content (AvgIpc) is 2.12. The Kier molecular flexibility index (Phi) is 3.91. The van der Waals surface area contributed by atoms with Gasteiger partial charge >= 0.3 is 0 Å². The predicted molar refractivity (Wildman–Crippen MR) is 69.6 cm³/mol. The van der Waals surface area contributed by atoms with Gasteiger partial charge in [-0.15, -0.1) is 0 Å². The van der Waals surface area contributed by atoms with Gasteiger partial charge in [0.25, 0.3) is 0 Å². The van der Waals surface area contributed by atoms with Gasteiger partial charge in [-0.05, 0) is 50.6 Å². The van der Waals surface area contributed by atoms with E-state index in [0.29, 0.717) is 0 Å². The van der Waals surface area contributed by atoms with E-state index < -0.39 is 0 Å². The third-order valence-electron chi connectivity index (χ3n) is 4.68. The van der Waals surface area contributed by atoms with Crippen LogP contribution in [0.2, 0.25) is 0 Å². The lowest BCUT2D eigenvalue weighted by atomic mass is 9.73. The zero-order chi connectivity index (χ0) is 11.7. The molecule has 0 spiro atoms. The van der Waals surface area contributed by atoms with Gasteiger partial charge in [0.15, 0.2) is 0 Å². The van der Waals surface area contributed by atoms with Gasteiger partial charge in [0.2, 0.25) is 0 Å². The van der Waals surface area contributed by atoms with Crippen molar-refractivity contribution in [2.24, 2.45) is 17.8 Å². The first-order valence-electron chi connectivity index (χ1n) is 7.01. The Labute approximate surface area is 101 Å². The fourth-order valence-corrected chi connectivity index (χ4v) is 3.25. The molecule has 2 fully saturated rings. The lowest BCUT2D eigenvalue weighted by molar-refractivity contribution is 0.113. The van der Waals surface area contributed by atoms with Crippen molar-refractivity contribution in [2.75, 3.05) is 20.1 Å². The van der Waals surface area contributed by atoms with Gasteiger partial charge in [-0.2, -0.15) is 0 Å². The molecule has 16 heavy (non-hydrogen) atoms. The van der Waals surface area contributed by atoms with Crippen molar-refractivity contribution >= 4 is 0 Å². The van der Waals surface area contributed by atoms with Crippen LogP contribution >= 0.6 is 0 Å². The first-order chi connectivity index (χ1) is 7.56. The molecule has 0 radical (unpaired) electrons. The molecular weight excluding hydrogens is 196 g/mol. The maximum atomic E-state index is 3.88. The van der Waals surface area contributed by atoms with Crippen LogP contribution in [0.4, 0.5) is 0 Å². The molecule has 1 saturated carbocycles. The summed E-state index contributed by atoms with van der Waals surface area (Å²) in [6.07, 6.45) is 4.16. The highest BCUT2D eigenvalue weighted by Gasteiger charge is 2.34. The summed E-state index contributed by atoms with van der Waals surface area (Å²) in [6.45, 7) is 9.64. The molecule has 2 unspecified atom stereocenters. The fourth-order valence-electron chi connectivity index (χ4n) is 3.25. The molecule has 0 aromatic heterocycles. The molecule has 1 N–H and O–H groups in total. The number of nitrogens with one attached hydrogen (secondary N) is 1. The molecule has 1 aliphatic heterocycles. The Morgan fingerprint density at radius 3 is 2.50 bits per heavy atom. The van der Waals surface area contributed by atoms with Gasteiger partial charge in [0, 0.05) is 18.6 Å². The molecule has 1 heterocycles. The minimum Gasteiger partial charge on any atom is -0.311 e. The van der Waals surface area contributed by atoms with Crippen LogP contribution in [0.3, 0.4) is 0 Å². The van der Waals surface area contributed by atoms with Gasteiger partial charge in [0.1, 0.15) is 0 Å². The summed E-state index contributed by atoms with van der Waals surface area (Å²) < 4.78 is 0. The number of rotatable bonds is 3. The molecule has 0 aromatic carbocycles. The molecule has 2 rings (SSSR count). The second kappa shape index (κ2) is 5.05. The fraction of sp³-hybridized carbons (Fsp3) is 1.00. The number of hydrogen-bond donors (Lipinski definition) is 1. The second-order valence-electron chi connectivity index (χ2n) is 6.47. The van der Waals surface area contributed by atoms with Crippen molar-refractivity contribution in [3.05, 3.63) is 0 Å². The van der Waals surface area contributed by atoms with Crippen molar-refractivity contribution in [1.82, 2.24) is 10.2 Å². The van der Waals surface area contributed by atoms with E-state index >= 15 is 0 Å². The Bertz CT molecular complexity index is 221. The molecule has 0 amide bonds. The highest BCUT2D eigenvalue weighted by atomic mass is 15.1. The van der Waals surface area contributed by atoms with Gasteiger partial charge in [0.05, 0.1) is 0 Å². The molecule has 0 bridgehead atoms. The maximum absolute atomic E-state index is 3.88. The Balaban J connectivity index is 1.71. The van der Waals surface area contributed by atoms with E-state index in [2.05, 4.69) is 38.0 Å². The highest BCUT2D eigenvalue weighted by Crippen LogP contribution is 2.34. The van der Waals surface area contributed by atoms with Crippen LogP contribution in [-0.2, 0) is 0 Å². The van der Waals surface area contributed by atoms with E-state index in [-0.39, 0.29) is 0 Å². The van der Waals surface area contributed by atoms with Gasteiger partial charge < -0.3 is 10.2 Å². The summed E-state index contributed by atoms with van der Waals surface area (Å²) in [6, 6.07) is 1.59. The standard InChI is InChI=1S/C14H28N2/c1-10(2)12-7-13(8-12)15-14-5-6-16(4)9-11(14)3/h10-15H,5-9H2,1-4H3. The van der Waals surface area contributed by atoms with E-state index in [4.69, 9.17) is 0 Å². The molecule has 2 atom stereocenters. The van der Waals surface area contributed by atoms with E-state index in [1.807, 2.05) is 0 Å². The number of likely N-dealkylation sites (tertiary alicyclic amines) is 1. The smallest absolute Gasteiger partial charge is 0.0120 e. The Morgan fingerprint density at radius 1 is 1.25 bits per heavy atom. The van der Waals surface area contributed by atoms with Crippen LogP contribution in [-0.4, -0.2) is 37.1 Å². The van der Waals surface area contributed by atoms with Crippen molar-refractivity contribution < 1.29 is 0 Å². The topological polar surface area (TPSA) is 15.3 Å². The third-order valence-corrected chi connectivity index (χ3v) is 4.68. The summed E-state index contributed by atoms with van der Waals surface area (Å²) in [5.74, 6) is 2.68. The number of piperidine rings is 1. The minimum atomic E-state index is 0.773. The van der Waals surface area contributed by atoms with Crippen LogP contribution in [0.15, 0.2) is 0 Å². The van der Waals surface area contributed by atoms with Gasteiger partial charge in [-0.3, -0.25) is 0 Å². The van der Waals surface area contributed by atoms with Crippen LogP contribution in [0, 0.1) is 17.8 Å². The predicted octanol–water partition coefficient (Wildman–Crippen LogP) is 2.35. The number of hydrogen-bond acceptors (Lipinski definition) is 2. The largest absolute Gasteiger partial charge is 0.311 e. The first-order valence-corrected chi connectivity index (χ1v) is 7.01. The zero-order valence-corrected chi connectivity index (χ0v) is 11.4. The van der Waals surface area contributed by atoms with Gasteiger partial charge in [-0.1, -0.05) is 20.8 Å². The molecule has 1 aliphatic carbocycles. The third kappa shape index (κ3) is 2.78. The lowest BCUT2D eigenvalue weighted by Gasteiger charge is -2.44. The van der Waals surface area contributed by atoms with E-state index in [1.165, 1.54) is 32.4 Å². The summed E-state index contributed by atoms with van der Waals surface area (Å²) in [5.41, 5.74) is 0. The summed E-state index contributed by atoms with van der Waals surface area (Å²) in [4.78, 5) is 2.46. The minimum absolute atomic E-state index is 0.773. The highest BCUT2D eigenvalue weighted by molar-refractivity contribution is 4.91. The molecule has 2 nitrogen and oxygen atoms in total. The monoisotopic (exact) mass is 224 g/mol. The van der Waals surface area contributed by atoms with E-state index in [1.54, 1.807) is 0 Å². The average molecular weight is 224 g/mol. The molecule has 1 saturated heterocycles. The summed E-state index contributed by atoms with van der Waals surface area (Å²) in [5, 5.41) is 3.88. The normalized spacial score (nSPS) is 41.1. The molecular formula is C14H28N2. The van der Waals surface area contributed by atoms with Crippen LogP contribution in [0.1, 0.15) is 40.0 Å². The van der Waals surface area contributed by atoms with Crippen LogP contribution < -0.4 is 5.32 Å². The van der Waals surface area contributed by atoms with Crippen molar-refractivity contribution in [1.29, 1.82) is 0 Å². The quantitative estimate of drug-likeness (QED) is 0.791. The molecule has 2 heteroatoms. The Hall–Kier alpha value is -0.0800.